The van der Waals surface area contributed by atoms with Crippen LogP contribution in [0, 0.1) is 11.2 Å². The van der Waals surface area contributed by atoms with Crippen LogP contribution in [0.4, 0.5) is 4.39 Å². The van der Waals surface area contributed by atoms with Gasteiger partial charge in [-0.1, -0.05) is 32.9 Å². The molecular formula is C13H20FNO. The minimum absolute atomic E-state index is 0.00170. The predicted molar refractivity (Wildman–Crippen MR) is 64.2 cm³/mol. The van der Waals surface area contributed by atoms with Gasteiger partial charge in [0, 0.05) is 12.0 Å². The Balaban J connectivity index is 2.47. The van der Waals surface area contributed by atoms with E-state index in [1.165, 1.54) is 6.07 Å². The van der Waals surface area contributed by atoms with Crippen molar-refractivity contribution >= 4 is 0 Å². The third kappa shape index (κ3) is 4.19. The van der Waals surface area contributed by atoms with E-state index < -0.39 is 0 Å². The van der Waals surface area contributed by atoms with Crippen molar-refractivity contribution in [3.05, 3.63) is 30.1 Å². The molecule has 0 atom stereocenters. The molecular weight excluding hydrogens is 205 g/mol. The Morgan fingerprint density at radius 1 is 1.31 bits per heavy atom. The summed E-state index contributed by atoms with van der Waals surface area (Å²) >= 11 is 0. The van der Waals surface area contributed by atoms with Crippen LogP contribution in [-0.4, -0.2) is 19.7 Å². The van der Waals surface area contributed by atoms with Gasteiger partial charge < -0.3 is 10.1 Å². The fourth-order valence-electron chi connectivity index (χ4n) is 1.35. The van der Waals surface area contributed by atoms with Crippen LogP contribution in [0.15, 0.2) is 24.3 Å². The number of rotatable bonds is 6. The summed E-state index contributed by atoms with van der Waals surface area (Å²) in [5.74, 6) is 0.0221. The summed E-state index contributed by atoms with van der Waals surface area (Å²) in [6.07, 6.45) is 0. The fourth-order valence-corrected chi connectivity index (χ4v) is 1.35. The summed E-state index contributed by atoms with van der Waals surface area (Å²) in [4.78, 5) is 0. The van der Waals surface area contributed by atoms with Crippen molar-refractivity contribution in [2.75, 3.05) is 19.7 Å². The number of benzene rings is 1. The summed E-state index contributed by atoms with van der Waals surface area (Å²) in [7, 11) is 0. The first-order chi connectivity index (χ1) is 7.55. The van der Waals surface area contributed by atoms with Crippen LogP contribution >= 0.6 is 0 Å². The molecule has 3 heteroatoms. The van der Waals surface area contributed by atoms with E-state index in [-0.39, 0.29) is 11.2 Å². The average Bonchev–Trinajstić information content (AvgIpc) is 2.26. The van der Waals surface area contributed by atoms with Gasteiger partial charge in [0.15, 0.2) is 11.6 Å². The SMILES string of the molecule is CCNCC(C)(C)COc1ccccc1F. The summed E-state index contributed by atoms with van der Waals surface area (Å²) < 4.78 is 18.8. The molecule has 0 aliphatic carbocycles. The molecule has 0 saturated heterocycles. The van der Waals surface area contributed by atoms with E-state index in [1.54, 1.807) is 18.2 Å². The van der Waals surface area contributed by atoms with E-state index in [1.807, 2.05) is 0 Å². The quantitative estimate of drug-likeness (QED) is 0.803. The lowest BCUT2D eigenvalue weighted by molar-refractivity contribution is 0.171. The lowest BCUT2D eigenvalue weighted by Gasteiger charge is -2.25. The number of hydrogen-bond acceptors (Lipinski definition) is 2. The smallest absolute Gasteiger partial charge is 0.165 e. The molecule has 1 aromatic rings. The van der Waals surface area contributed by atoms with Crippen LogP contribution in [-0.2, 0) is 0 Å². The molecule has 1 aromatic carbocycles. The molecule has 16 heavy (non-hydrogen) atoms. The van der Waals surface area contributed by atoms with Crippen molar-refractivity contribution < 1.29 is 9.13 Å². The monoisotopic (exact) mass is 225 g/mol. The molecule has 1 rings (SSSR count). The molecule has 0 heterocycles. The molecule has 0 saturated carbocycles. The predicted octanol–water partition coefficient (Wildman–Crippen LogP) is 2.84. The Morgan fingerprint density at radius 2 is 2.00 bits per heavy atom. The van der Waals surface area contributed by atoms with Crippen LogP contribution < -0.4 is 10.1 Å². The molecule has 0 unspecified atom stereocenters. The second-order valence-corrected chi connectivity index (χ2v) is 4.66. The molecule has 0 aliphatic rings. The van der Waals surface area contributed by atoms with Gasteiger partial charge >= 0.3 is 0 Å². The van der Waals surface area contributed by atoms with Crippen molar-refractivity contribution in [3.8, 4) is 5.75 Å². The first-order valence-corrected chi connectivity index (χ1v) is 5.63. The van der Waals surface area contributed by atoms with E-state index in [0.29, 0.717) is 12.4 Å². The van der Waals surface area contributed by atoms with Crippen LogP contribution in [0.3, 0.4) is 0 Å². The molecule has 0 spiro atoms. The molecule has 0 radical (unpaired) electrons. The minimum atomic E-state index is -0.304. The third-order valence-electron chi connectivity index (χ3n) is 2.31. The fraction of sp³-hybridized carbons (Fsp3) is 0.538. The van der Waals surface area contributed by atoms with Crippen molar-refractivity contribution in [3.63, 3.8) is 0 Å². The van der Waals surface area contributed by atoms with Crippen LogP contribution in [0.1, 0.15) is 20.8 Å². The number of halogens is 1. The maximum absolute atomic E-state index is 13.3. The maximum Gasteiger partial charge on any atom is 0.165 e. The summed E-state index contributed by atoms with van der Waals surface area (Å²) in [5.41, 5.74) is -0.00170. The normalized spacial score (nSPS) is 11.5. The Labute approximate surface area is 96.8 Å². The highest BCUT2D eigenvalue weighted by molar-refractivity contribution is 5.23. The van der Waals surface area contributed by atoms with Crippen molar-refractivity contribution in [2.45, 2.75) is 20.8 Å². The highest BCUT2D eigenvalue weighted by Crippen LogP contribution is 2.20. The number of ether oxygens (including phenoxy) is 1. The van der Waals surface area contributed by atoms with Crippen LogP contribution in [0.5, 0.6) is 5.75 Å². The zero-order chi connectivity index (χ0) is 12.0. The first-order valence-electron chi connectivity index (χ1n) is 5.63. The lowest BCUT2D eigenvalue weighted by Crippen LogP contribution is -2.34. The molecule has 2 nitrogen and oxygen atoms in total. The van der Waals surface area contributed by atoms with Gasteiger partial charge in [0.1, 0.15) is 0 Å². The van der Waals surface area contributed by atoms with E-state index in [4.69, 9.17) is 4.74 Å². The molecule has 0 aromatic heterocycles. The molecule has 0 amide bonds. The highest BCUT2D eigenvalue weighted by atomic mass is 19.1. The van der Waals surface area contributed by atoms with E-state index >= 15 is 0 Å². The topological polar surface area (TPSA) is 21.3 Å². The van der Waals surface area contributed by atoms with Crippen LogP contribution in [0.2, 0.25) is 0 Å². The van der Waals surface area contributed by atoms with E-state index in [9.17, 15) is 4.39 Å². The molecule has 0 fully saturated rings. The third-order valence-corrected chi connectivity index (χ3v) is 2.31. The summed E-state index contributed by atoms with van der Waals surface area (Å²) in [5, 5.41) is 3.27. The van der Waals surface area contributed by atoms with Crippen LogP contribution in [0.25, 0.3) is 0 Å². The Morgan fingerprint density at radius 3 is 2.62 bits per heavy atom. The maximum atomic E-state index is 13.3. The summed E-state index contributed by atoms with van der Waals surface area (Å²) in [6.45, 7) is 8.54. The molecule has 1 N–H and O–H groups in total. The average molecular weight is 225 g/mol. The van der Waals surface area contributed by atoms with Gasteiger partial charge in [-0.15, -0.1) is 0 Å². The Kier molecular flexibility index (Phi) is 4.74. The van der Waals surface area contributed by atoms with Gasteiger partial charge in [-0.2, -0.15) is 0 Å². The van der Waals surface area contributed by atoms with Gasteiger partial charge in [-0.3, -0.25) is 0 Å². The zero-order valence-corrected chi connectivity index (χ0v) is 10.2. The highest BCUT2D eigenvalue weighted by Gasteiger charge is 2.18. The van der Waals surface area contributed by atoms with E-state index in [0.717, 1.165) is 13.1 Å². The van der Waals surface area contributed by atoms with Crippen molar-refractivity contribution in [2.24, 2.45) is 5.41 Å². The second kappa shape index (κ2) is 5.85. The van der Waals surface area contributed by atoms with Gasteiger partial charge in [0.2, 0.25) is 0 Å². The molecule has 90 valence electrons. The Bertz CT molecular complexity index is 325. The van der Waals surface area contributed by atoms with Crippen molar-refractivity contribution in [1.29, 1.82) is 0 Å². The van der Waals surface area contributed by atoms with Crippen molar-refractivity contribution in [1.82, 2.24) is 5.32 Å². The molecule has 0 aliphatic heterocycles. The van der Waals surface area contributed by atoms with E-state index in [2.05, 4.69) is 26.1 Å². The first kappa shape index (κ1) is 13.0. The standard InChI is InChI=1S/C13H20FNO/c1-4-15-9-13(2,3)10-16-12-8-6-5-7-11(12)14/h5-8,15H,4,9-10H2,1-3H3. The summed E-state index contributed by atoms with van der Waals surface area (Å²) in [6, 6.07) is 6.49. The molecule has 0 bridgehead atoms. The Hall–Kier alpha value is -1.09. The lowest BCUT2D eigenvalue weighted by atomic mass is 9.95. The minimum Gasteiger partial charge on any atom is -0.490 e. The van der Waals surface area contributed by atoms with Gasteiger partial charge in [0.25, 0.3) is 0 Å². The van der Waals surface area contributed by atoms with Gasteiger partial charge in [0.05, 0.1) is 6.61 Å². The second-order valence-electron chi connectivity index (χ2n) is 4.66. The number of nitrogens with one attached hydrogen (secondary N) is 1. The largest absolute Gasteiger partial charge is 0.490 e. The van der Waals surface area contributed by atoms with Gasteiger partial charge in [-0.05, 0) is 18.7 Å². The number of para-hydroxylation sites is 1. The van der Waals surface area contributed by atoms with Gasteiger partial charge in [-0.25, -0.2) is 4.39 Å². The number of hydrogen-bond donors (Lipinski definition) is 1. The zero-order valence-electron chi connectivity index (χ0n) is 10.2.